The predicted octanol–water partition coefficient (Wildman–Crippen LogP) is 3.90. The molecule has 6 rings (SSSR count). The van der Waals surface area contributed by atoms with Crippen LogP contribution in [-0.2, 0) is 4.79 Å². The van der Waals surface area contributed by atoms with Crippen LogP contribution in [0.25, 0.3) is 28.3 Å². The van der Waals surface area contributed by atoms with Gasteiger partial charge in [-0.1, -0.05) is 0 Å². The summed E-state index contributed by atoms with van der Waals surface area (Å²) in [6.07, 6.45) is 7.39. The van der Waals surface area contributed by atoms with Crippen LogP contribution >= 0.6 is 11.3 Å². The van der Waals surface area contributed by atoms with Gasteiger partial charge >= 0.3 is 0 Å². The van der Waals surface area contributed by atoms with Gasteiger partial charge < -0.3 is 14.8 Å². The Bertz CT molecular complexity index is 1570. The number of hydrogen-bond acceptors (Lipinski definition) is 7. The van der Waals surface area contributed by atoms with Crippen LogP contribution in [0.1, 0.15) is 28.6 Å². The fourth-order valence-electron chi connectivity index (χ4n) is 4.55. The number of carbonyl (C=O) groups excluding carboxylic acids is 2. The van der Waals surface area contributed by atoms with Gasteiger partial charge in [0.05, 0.1) is 35.6 Å². The summed E-state index contributed by atoms with van der Waals surface area (Å²) in [5, 5.41) is 7.57. The zero-order chi connectivity index (χ0) is 25.4. The van der Waals surface area contributed by atoms with E-state index in [1.807, 2.05) is 12.1 Å². The third-order valence-corrected chi connectivity index (χ3v) is 7.19. The maximum absolute atomic E-state index is 13.6. The number of thiazole rings is 1. The number of carbonyl (C=O) groups is 2. The lowest BCUT2D eigenvalue weighted by atomic mass is 10.0. The topological polar surface area (TPSA) is 110 Å². The molecule has 5 aromatic rings. The maximum atomic E-state index is 13.6. The summed E-state index contributed by atoms with van der Waals surface area (Å²) in [4.78, 5) is 39.0. The summed E-state index contributed by atoms with van der Waals surface area (Å²) < 4.78 is 17.3. The largest absolute Gasteiger partial charge is 0.345 e. The standard InChI is InChI=1S/C25H21FN8O2S/c26-17-3-1-16(2-4-17)23-24(33(13-28-23)18-7-9-32(15-35)10-8-18)19-5-6-22-29-21(12-34(22)31-19)30-25(36)20-11-27-14-37-20/h1-6,11-15,18H,7-10H2,(H,30,36). The number of piperidine rings is 1. The third-order valence-electron chi connectivity index (χ3n) is 6.41. The van der Waals surface area contributed by atoms with Crippen LogP contribution in [0.5, 0.6) is 0 Å². The number of benzene rings is 1. The Morgan fingerprint density at radius 2 is 1.95 bits per heavy atom. The van der Waals surface area contributed by atoms with E-state index in [1.165, 1.54) is 29.7 Å². The number of anilines is 1. The summed E-state index contributed by atoms with van der Waals surface area (Å²) in [6.45, 7) is 1.32. The molecule has 1 fully saturated rings. The molecule has 0 bridgehead atoms. The Morgan fingerprint density at radius 1 is 1.14 bits per heavy atom. The van der Waals surface area contributed by atoms with Crippen LogP contribution in [0.4, 0.5) is 10.2 Å². The molecule has 1 aliphatic rings. The highest BCUT2D eigenvalue weighted by molar-refractivity contribution is 7.11. The number of imidazole rings is 2. The lowest BCUT2D eigenvalue weighted by Gasteiger charge is -2.31. The van der Waals surface area contributed by atoms with Crippen molar-refractivity contribution >= 4 is 35.1 Å². The highest BCUT2D eigenvalue weighted by atomic mass is 32.1. The smallest absolute Gasteiger partial charge is 0.268 e. The minimum absolute atomic E-state index is 0.127. The summed E-state index contributed by atoms with van der Waals surface area (Å²) >= 11 is 1.25. The lowest BCUT2D eigenvalue weighted by Crippen LogP contribution is -2.33. The first kappa shape index (κ1) is 23.0. The number of nitrogens with zero attached hydrogens (tertiary/aromatic N) is 7. The van der Waals surface area contributed by atoms with E-state index in [1.54, 1.807) is 39.6 Å². The van der Waals surface area contributed by atoms with Crippen molar-refractivity contribution in [3.63, 3.8) is 0 Å². The van der Waals surface area contributed by atoms with Gasteiger partial charge in [-0.25, -0.2) is 18.9 Å². The highest BCUT2D eigenvalue weighted by Gasteiger charge is 2.25. The van der Waals surface area contributed by atoms with Gasteiger partial charge in [-0.05, 0) is 49.2 Å². The normalized spacial score (nSPS) is 14.2. The van der Waals surface area contributed by atoms with Crippen LogP contribution in [0.15, 0.2) is 60.6 Å². The van der Waals surface area contributed by atoms with Gasteiger partial charge in [-0.15, -0.1) is 11.3 Å². The van der Waals surface area contributed by atoms with Gasteiger partial charge in [0.2, 0.25) is 6.41 Å². The minimum Gasteiger partial charge on any atom is -0.345 e. The molecule has 0 atom stereocenters. The van der Waals surface area contributed by atoms with E-state index < -0.39 is 0 Å². The van der Waals surface area contributed by atoms with Crippen molar-refractivity contribution in [1.82, 2.24) is 34.0 Å². The van der Waals surface area contributed by atoms with Crippen molar-refractivity contribution in [1.29, 1.82) is 0 Å². The Balaban J connectivity index is 1.39. The minimum atomic E-state index is -0.322. The monoisotopic (exact) mass is 516 g/mol. The number of aromatic nitrogens is 6. The van der Waals surface area contributed by atoms with Crippen molar-refractivity contribution in [2.24, 2.45) is 0 Å². The SMILES string of the molecule is O=CN1CCC(n2cnc(-c3ccc(F)cc3)c2-c2ccc3nc(NC(=O)c4cncs4)cn3n2)CC1. The zero-order valence-corrected chi connectivity index (χ0v) is 20.3. The molecule has 1 aliphatic heterocycles. The van der Waals surface area contributed by atoms with Gasteiger partial charge in [-0.3, -0.25) is 14.6 Å². The summed E-state index contributed by atoms with van der Waals surface area (Å²) in [6, 6.07) is 10.0. The van der Waals surface area contributed by atoms with Crippen LogP contribution in [-0.4, -0.2) is 59.4 Å². The van der Waals surface area contributed by atoms with E-state index in [9.17, 15) is 14.0 Å². The molecule has 0 saturated carbocycles. The first-order valence-corrected chi connectivity index (χ1v) is 12.6. The van der Waals surface area contributed by atoms with Crippen molar-refractivity contribution in [3.8, 4) is 22.6 Å². The van der Waals surface area contributed by atoms with Crippen molar-refractivity contribution in [2.45, 2.75) is 18.9 Å². The summed E-state index contributed by atoms with van der Waals surface area (Å²) in [5.74, 6) is -0.238. The van der Waals surface area contributed by atoms with Crippen molar-refractivity contribution < 1.29 is 14.0 Å². The number of nitrogens with one attached hydrogen (secondary N) is 1. The molecule has 12 heteroatoms. The van der Waals surface area contributed by atoms with Gasteiger partial charge in [0.1, 0.15) is 16.4 Å². The number of rotatable bonds is 6. The maximum Gasteiger partial charge on any atom is 0.268 e. The molecule has 5 heterocycles. The number of hydrogen-bond donors (Lipinski definition) is 1. The number of amides is 2. The molecular formula is C25H21FN8O2S. The molecule has 4 aromatic heterocycles. The van der Waals surface area contributed by atoms with Crippen LogP contribution < -0.4 is 5.32 Å². The van der Waals surface area contributed by atoms with Crippen LogP contribution in [0, 0.1) is 5.82 Å². The van der Waals surface area contributed by atoms with E-state index in [4.69, 9.17) is 10.1 Å². The van der Waals surface area contributed by atoms with Crippen molar-refractivity contribution in [3.05, 3.63) is 71.3 Å². The first-order chi connectivity index (χ1) is 18.1. The Hall–Kier alpha value is -4.45. The number of fused-ring (bicyclic) bond motifs is 1. The van der Waals surface area contributed by atoms with Gasteiger partial charge in [-0.2, -0.15) is 5.10 Å². The molecule has 2 amide bonds. The lowest BCUT2D eigenvalue weighted by molar-refractivity contribution is -0.119. The molecule has 0 radical (unpaired) electrons. The fraction of sp³-hybridized carbons (Fsp3) is 0.200. The van der Waals surface area contributed by atoms with E-state index >= 15 is 0 Å². The van der Waals surface area contributed by atoms with E-state index in [0.717, 1.165) is 30.5 Å². The number of halogens is 1. The third kappa shape index (κ3) is 4.47. The van der Waals surface area contributed by atoms with Crippen LogP contribution in [0.2, 0.25) is 0 Å². The van der Waals surface area contributed by atoms with Gasteiger partial charge in [0.25, 0.3) is 5.91 Å². The Kier molecular flexibility index (Phi) is 5.93. The first-order valence-electron chi connectivity index (χ1n) is 11.7. The molecule has 1 N–H and O–H groups in total. The second-order valence-electron chi connectivity index (χ2n) is 8.70. The zero-order valence-electron chi connectivity index (χ0n) is 19.5. The summed E-state index contributed by atoms with van der Waals surface area (Å²) in [5.41, 5.74) is 5.06. The predicted molar refractivity (Wildman–Crippen MR) is 136 cm³/mol. The Labute approximate surface area is 214 Å². The average molecular weight is 517 g/mol. The molecule has 0 aliphatic carbocycles. The molecule has 186 valence electrons. The van der Waals surface area contributed by atoms with E-state index in [0.29, 0.717) is 40.8 Å². The number of likely N-dealkylation sites (tertiary alicyclic amines) is 1. The van der Waals surface area contributed by atoms with Gasteiger partial charge in [0, 0.05) is 24.7 Å². The fourth-order valence-corrected chi connectivity index (χ4v) is 5.07. The van der Waals surface area contributed by atoms with Gasteiger partial charge in [0.15, 0.2) is 11.5 Å². The molecule has 0 spiro atoms. The highest BCUT2D eigenvalue weighted by Crippen LogP contribution is 2.35. The van der Waals surface area contributed by atoms with E-state index in [-0.39, 0.29) is 17.8 Å². The second-order valence-corrected chi connectivity index (χ2v) is 9.58. The van der Waals surface area contributed by atoms with E-state index in [2.05, 4.69) is 19.9 Å². The Morgan fingerprint density at radius 3 is 2.68 bits per heavy atom. The molecule has 1 aromatic carbocycles. The molecule has 0 unspecified atom stereocenters. The average Bonchev–Trinajstić information content (AvgIpc) is 3.68. The van der Waals surface area contributed by atoms with Crippen LogP contribution in [0.3, 0.4) is 0 Å². The molecule has 10 nitrogen and oxygen atoms in total. The second kappa shape index (κ2) is 9.54. The molecule has 37 heavy (non-hydrogen) atoms. The van der Waals surface area contributed by atoms with Crippen molar-refractivity contribution in [2.75, 3.05) is 18.4 Å². The molecular weight excluding hydrogens is 495 g/mol. The molecule has 1 saturated heterocycles. The quantitative estimate of drug-likeness (QED) is 0.343. The summed E-state index contributed by atoms with van der Waals surface area (Å²) in [7, 11) is 0.